The Kier molecular flexibility index (Phi) is 6.25. The van der Waals surface area contributed by atoms with Crippen molar-refractivity contribution < 1.29 is 10.2 Å². The van der Waals surface area contributed by atoms with E-state index in [1.54, 1.807) is 0 Å². The summed E-state index contributed by atoms with van der Waals surface area (Å²) in [6.07, 6.45) is 1.87. The molecule has 0 rings (SSSR count). The van der Waals surface area contributed by atoms with E-state index in [1.165, 1.54) is 0 Å². The maximum Gasteiger partial charge on any atom is 0.0665 e. The van der Waals surface area contributed by atoms with Crippen molar-refractivity contribution in [3.8, 4) is 11.8 Å². The summed E-state index contributed by atoms with van der Waals surface area (Å²) in [6, 6.07) is 0. The Bertz CT molecular complexity index is 117. The largest absolute Gasteiger partial charge is 0.395 e. The predicted molar refractivity (Wildman–Crippen MR) is 40.3 cm³/mol. The summed E-state index contributed by atoms with van der Waals surface area (Å²) in [7, 11) is 0. The predicted octanol–water partition coefficient (Wildman–Crippen LogP) is 0.391. The molecule has 0 atom stereocenters. The van der Waals surface area contributed by atoms with Crippen molar-refractivity contribution in [3.63, 3.8) is 0 Å². The van der Waals surface area contributed by atoms with E-state index in [9.17, 15) is 0 Å². The first kappa shape index (κ1) is 9.48. The van der Waals surface area contributed by atoms with Crippen LogP contribution in [0.1, 0.15) is 19.8 Å². The van der Waals surface area contributed by atoms with Crippen LogP contribution in [-0.2, 0) is 0 Å². The fraction of sp³-hybridized carbons (Fsp3) is 0.750. The van der Waals surface area contributed by atoms with Crippen molar-refractivity contribution >= 4 is 0 Å². The molecule has 0 aromatic rings. The molecule has 0 heterocycles. The number of hydrogen-bond donors (Lipinski definition) is 2. The molecule has 0 aromatic heterocycles. The van der Waals surface area contributed by atoms with Gasteiger partial charge in [0, 0.05) is 6.42 Å². The molecule has 0 saturated carbocycles. The lowest BCUT2D eigenvalue weighted by Gasteiger charge is -1.98. The molecule has 0 unspecified atom stereocenters. The monoisotopic (exact) mass is 142 g/mol. The third-order valence-corrected chi connectivity index (χ3v) is 1.12. The van der Waals surface area contributed by atoms with Gasteiger partial charge in [-0.25, -0.2) is 0 Å². The molecule has 0 aliphatic carbocycles. The molecule has 2 heteroatoms. The Balaban J connectivity index is 3.52. The van der Waals surface area contributed by atoms with E-state index in [4.69, 9.17) is 10.2 Å². The highest BCUT2D eigenvalue weighted by atomic mass is 16.3. The fourth-order valence-corrected chi connectivity index (χ4v) is 0.491. The SMILES string of the molecule is CCCC#CC(CO)CO. The molecule has 0 aliphatic heterocycles. The van der Waals surface area contributed by atoms with Gasteiger partial charge in [-0.1, -0.05) is 12.8 Å². The Morgan fingerprint density at radius 2 is 1.90 bits per heavy atom. The first-order chi connectivity index (χ1) is 4.85. The quantitative estimate of drug-likeness (QED) is 0.560. The van der Waals surface area contributed by atoms with Gasteiger partial charge in [0.05, 0.1) is 19.1 Å². The summed E-state index contributed by atoms with van der Waals surface area (Å²) in [6.45, 7) is 1.95. The van der Waals surface area contributed by atoms with Crippen LogP contribution in [0.3, 0.4) is 0 Å². The van der Waals surface area contributed by atoms with Crippen LogP contribution in [0.25, 0.3) is 0 Å². The highest BCUT2D eigenvalue weighted by Gasteiger charge is 1.97. The molecule has 0 aliphatic rings. The smallest absolute Gasteiger partial charge is 0.0665 e. The standard InChI is InChI=1S/C8H14O2/c1-2-3-4-5-8(6-9)7-10/h8-10H,2-3,6-7H2,1H3. The maximum atomic E-state index is 8.56. The number of hydrogen-bond acceptors (Lipinski definition) is 2. The second kappa shape index (κ2) is 6.60. The van der Waals surface area contributed by atoms with Crippen LogP contribution in [0.5, 0.6) is 0 Å². The zero-order valence-electron chi connectivity index (χ0n) is 6.30. The van der Waals surface area contributed by atoms with Gasteiger partial charge in [-0.2, -0.15) is 0 Å². The summed E-state index contributed by atoms with van der Waals surface area (Å²) >= 11 is 0. The normalized spacial score (nSPS) is 9.20. The third kappa shape index (κ3) is 4.37. The van der Waals surface area contributed by atoms with E-state index in [0.717, 1.165) is 12.8 Å². The first-order valence-corrected chi connectivity index (χ1v) is 3.55. The summed E-state index contributed by atoms with van der Waals surface area (Å²) < 4.78 is 0. The Labute approximate surface area is 61.9 Å². The number of unbranched alkanes of at least 4 members (excludes halogenated alkanes) is 1. The summed E-state index contributed by atoms with van der Waals surface area (Å²) in [5, 5.41) is 17.1. The van der Waals surface area contributed by atoms with Gasteiger partial charge in [0.2, 0.25) is 0 Å². The van der Waals surface area contributed by atoms with Crippen LogP contribution in [0, 0.1) is 17.8 Å². The minimum absolute atomic E-state index is 0.0484. The summed E-state index contributed by atoms with van der Waals surface area (Å²) in [4.78, 5) is 0. The lowest BCUT2D eigenvalue weighted by atomic mass is 10.2. The molecule has 0 fully saturated rings. The maximum absolute atomic E-state index is 8.56. The molecule has 0 saturated heterocycles. The van der Waals surface area contributed by atoms with Gasteiger partial charge in [-0.15, -0.1) is 5.92 Å². The zero-order chi connectivity index (χ0) is 7.82. The van der Waals surface area contributed by atoms with Gasteiger partial charge in [-0.05, 0) is 6.42 Å². The lowest BCUT2D eigenvalue weighted by Crippen LogP contribution is -2.07. The van der Waals surface area contributed by atoms with Gasteiger partial charge < -0.3 is 10.2 Å². The summed E-state index contributed by atoms with van der Waals surface area (Å²) in [5.74, 6) is 5.39. The van der Waals surface area contributed by atoms with E-state index in [2.05, 4.69) is 11.8 Å². The Morgan fingerprint density at radius 1 is 1.30 bits per heavy atom. The van der Waals surface area contributed by atoms with E-state index < -0.39 is 0 Å². The average molecular weight is 142 g/mol. The van der Waals surface area contributed by atoms with Crippen molar-refractivity contribution in [2.24, 2.45) is 5.92 Å². The van der Waals surface area contributed by atoms with Crippen LogP contribution in [0.15, 0.2) is 0 Å². The van der Waals surface area contributed by atoms with Gasteiger partial charge in [0.15, 0.2) is 0 Å². The van der Waals surface area contributed by atoms with Crippen molar-refractivity contribution in [2.75, 3.05) is 13.2 Å². The van der Waals surface area contributed by atoms with Crippen LogP contribution < -0.4 is 0 Å². The van der Waals surface area contributed by atoms with Gasteiger partial charge in [0.1, 0.15) is 0 Å². The highest BCUT2D eigenvalue weighted by Crippen LogP contribution is 1.90. The van der Waals surface area contributed by atoms with Gasteiger partial charge in [-0.3, -0.25) is 0 Å². The topological polar surface area (TPSA) is 40.5 Å². The van der Waals surface area contributed by atoms with E-state index in [1.807, 2.05) is 6.92 Å². The molecular weight excluding hydrogens is 128 g/mol. The van der Waals surface area contributed by atoms with Crippen LogP contribution in [0.4, 0.5) is 0 Å². The van der Waals surface area contributed by atoms with E-state index >= 15 is 0 Å². The molecule has 0 radical (unpaired) electrons. The Hall–Kier alpha value is -0.520. The van der Waals surface area contributed by atoms with Crippen LogP contribution in [0.2, 0.25) is 0 Å². The molecule has 0 bridgehead atoms. The molecule has 0 amide bonds. The van der Waals surface area contributed by atoms with Gasteiger partial charge >= 0.3 is 0 Å². The van der Waals surface area contributed by atoms with E-state index in [0.29, 0.717) is 0 Å². The first-order valence-electron chi connectivity index (χ1n) is 3.55. The minimum Gasteiger partial charge on any atom is -0.395 e. The van der Waals surface area contributed by atoms with Crippen molar-refractivity contribution in [3.05, 3.63) is 0 Å². The molecular formula is C8H14O2. The van der Waals surface area contributed by atoms with Crippen molar-refractivity contribution in [1.29, 1.82) is 0 Å². The molecule has 0 aromatic carbocycles. The average Bonchev–Trinajstić information content (AvgIpc) is 1.99. The van der Waals surface area contributed by atoms with E-state index in [-0.39, 0.29) is 19.1 Å². The number of aliphatic hydroxyl groups excluding tert-OH is 2. The minimum atomic E-state index is -0.244. The van der Waals surface area contributed by atoms with Crippen molar-refractivity contribution in [1.82, 2.24) is 0 Å². The van der Waals surface area contributed by atoms with Crippen molar-refractivity contribution in [2.45, 2.75) is 19.8 Å². The second-order valence-electron chi connectivity index (χ2n) is 2.13. The summed E-state index contributed by atoms with van der Waals surface area (Å²) in [5.41, 5.74) is 0. The number of aliphatic hydroxyl groups is 2. The van der Waals surface area contributed by atoms with Gasteiger partial charge in [0.25, 0.3) is 0 Å². The second-order valence-corrected chi connectivity index (χ2v) is 2.13. The third-order valence-electron chi connectivity index (χ3n) is 1.12. The molecule has 2 nitrogen and oxygen atoms in total. The number of rotatable bonds is 3. The molecule has 2 N–H and O–H groups in total. The molecule has 10 heavy (non-hydrogen) atoms. The highest BCUT2D eigenvalue weighted by molar-refractivity contribution is 5.03. The van der Waals surface area contributed by atoms with Crippen LogP contribution in [-0.4, -0.2) is 23.4 Å². The fourth-order valence-electron chi connectivity index (χ4n) is 0.491. The molecule has 0 spiro atoms. The Morgan fingerprint density at radius 3 is 2.30 bits per heavy atom. The zero-order valence-corrected chi connectivity index (χ0v) is 6.30. The molecule has 58 valence electrons. The lowest BCUT2D eigenvalue weighted by molar-refractivity contribution is 0.183. The van der Waals surface area contributed by atoms with Crippen LogP contribution >= 0.6 is 0 Å².